The Kier molecular flexibility index (Phi) is 2.79. The average Bonchev–Trinajstić information content (AvgIpc) is 1.56. The zero-order chi connectivity index (χ0) is 9.28. The first-order chi connectivity index (χ1) is 4.69. The van der Waals surface area contributed by atoms with Crippen molar-refractivity contribution in [3.05, 3.63) is 6.92 Å². The van der Waals surface area contributed by atoms with Gasteiger partial charge in [-0.25, -0.2) is 0 Å². The quantitative estimate of drug-likeness (QED) is 0.543. The van der Waals surface area contributed by atoms with Crippen LogP contribution in [0.25, 0.3) is 0 Å². The lowest BCUT2D eigenvalue weighted by atomic mass is 10.1. The number of hydrogen-bond acceptors (Lipinski definition) is 0. The third-order valence-corrected chi connectivity index (χ3v) is 1.08. The minimum Gasteiger partial charge on any atom is -0.170 e. The van der Waals surface area contributed by atoms with E-state index in [9.17, 15) is 26.3 Å². The summed E-state index contributed by atoms with van der Waals surface area (Å²) >= 11 is 0. The van der Waals surface area contributed by atoms with Gasteiger partial charge >= 0.3 is 12.4 Å². The lowest BCUT2D eigenvalue weighted by molar-refractivity contribution is -0.282. The summed E-state index contributed by atoms with van der Waals surface area (Å²) in [7, 11) is 0. The van der Waals surface area contributed by atoms with Crippen molar-refractivity contribution in [2.45, 2.75) is 18.8 Å². The molecule has 0 heterocycles. The zero-order valence-electron chi connectivity index (χ0n) is 5.26. The van der Waals surface area contributed by atoms with E-state index in [4.69, 9.17) is 0 Å². The Labute approximate surface area is 59.2 Å². The van der Waals surface area contributed by atoms with E-state index in [1.165, 1.54) is 0 Å². The number of alkyl halides is 6. The van der Waals surface area contributed by atoms with Gasteiger partial charge in [-0.3, -0.25) is 0 Å². The molecular formula is C5H5F6. The number of halogens is 6. The second-order valence-corrected chi connectivity index (χ2v) is 1.92. The van der Waals surface area contributed by atoms with Crippen molar-refractivity contribution in [2.24, 2.45) is 5.92 Å². The molecule has 0 rings (SSSR count). The molecule has 11 heavy (non-hydrogen) atoms. The van der Waals surface area contributed by atoms with E-state index in [0.717, 1.165) is 0 Å². The van der Waals surface area contributed by atoms with Crippen molar-refractivity contribution in [3.63, 3.8) is 0 Å². The largest absolute Gasteiger partial charge is 0.400 e. The van der Waals surface area contributed by atoms with E-state index in [0.29, 0.717) is 0 Å². The van der Waals surface area contributed by atoms with E-state index in [1.54, 1.807) is 0 Å². The van der Waals surface area contributed by atoms with Gasteiger partial charge in [-0.15, -0.1) is 0 Å². The van der Waals surface area contributed by atoms with Crippen LogP contribution >= 0.6 is 0 Å². The van der Waals surface area contributed by atoms with Crippen molar-refractivity contribution in [1.82, 2.24) is 0 Å². The summed E-state index contributed by atoms with van der Waals surface area (Å²) in [6.45, 7) is 2.58. The monoisotopic (exact) mass is 179 g/mol. The predicted molar refractivity (Wildman–Crippen MR) is 25.6 cm³/mol. The summed E-state index contributed by atoms with van der Waals surface area (Å²) in [6.07, 6.45) is -11.7. The summed E-state index contributed by atoms with van der Waals surface area (Å²) in [5.74, 6) is -3.30. The van der Waals surface area contributed by atoms with Gasteiger partial charge in [-0.2, -0.15) is 26.3 Å². The van der Waals surface area contributed by atoms with Crippen LogP contribution in [0.5, 0.6) is 0 Å². The van der Waals surface area contributed by atoms with Gasteiger partial charge in [0.25, 0.3) is 0 Å². The van der Waals surface area contributed by atoms with E-state index < -0.39 is 24.7 Å². The zero-order valence-corrected chi connectivity index (χ0v) is 5.26. The van der Waals surface area contributed by atoms with Crippen molar-refractivity contribution < 1.29 is 26.3 Å². The predicted octanol–water partition coefficient (Wildman–Crippen LogP) is 2.95. The highest BCUT2D eigenvalue weighted by Crippen LogP contribution is 2.40. The maximum absolute atomic E-state index is 11.5. The standard InChI is InChI=1S/C5H5F6/c1-2-3(4(6,7)8)5(9,10)11/h3H,1-2H2. The van der Waals surface area contributed by atoms with Crippen LogP contribution in [0.2, 0.25) is 0 Å². The highest BCUT2D eigenvalue weighted by molar-refractivity contribution is 4.75. The van der Waals surface area contributed by atoms with Gasteiger partial charge in [0.1, 0.15) is 0 Å². The average molecular weight is 179 g/mol. The normalized spacial score (nSPS) is 14.2. The molecular weight excluding hydrogens is 174 g/mol. The summed E-state index contributed by atoms with van der Waals surface area (Å²) < 4.78 is 68.7. The molecule has 67 valence electrons. The second kappa shape index (κ2) is 2.91. The molecule has 0 aliphatic carbocycles. The summed E-state index contributed by atoms with van der Waals surface area (Å²) in [4.78, 5) is 0. The molecule has 0 saturated carbocycles. The van der Waals surface area contributed by atoms with Gasteiger partial charge in [0.2, 0.25) is 0 Å². The van der Waals surface area contributed by atoms with E-state index in [2.05, 4.69) is 6.92 Å². The molecule has 0 aromatic heterocycles. The summed E-state index contributed by atoms with van der Waals surface area (Å²) in [5.41, 5.74) is 0. The first-order valence-electron chi connectivity index (χ1n) is 2.62. The Bertz CT molecular complexity index is 106. The second-order valence-electron chi connectivity index (χ2n) is 1.92. The fourth-order valence-corrected chi connectivity index (χ4v) is 0.513. The van der Waals surface area contributed by atoms with Gasteiger partial charge in [0, 0.05) is 0 Å². The lowest BCUT2D eigenvalue weighted by Crippen LogP contribution is -2.35. The van der Waals surface area contributed by atoms with Crippen molar-refractivity contribution >= 4 is 0 Å². The van der Waals surface area contributed by atoms with Gasteiger partial charge in [0.05, 0.1) is 0 Å². The van der Waals surface area contributed by atoms with Crippen molar-refractivity contribution in [1.29, 1.82) is 0 Å². The molecule has 0 amide bonds. The van der Waals surface area contributed by atoms with E-state index in [1.807, 2.05) is 0 Å². The fraction of sp³-hybridized carbons (Fsp3) is 0.800. The Balaban J connectivity index is 4.43. The molecule has 0 unspecified atom stereocenters. The van der Waals surface area contributed by atoms with Gasteiger partial charge in [0.15, 0.2) is 5.92 Å². The Morgan fingerprint density at radius 1 is 0.909 bits per heavy atom. The third kappa shape index (κ3) is 2.98. The minimum absolute atomic E-state index is 1.22. The minimum atomic E-state index is -5.24. The molecule has 0 bridgehead atoms. The molecule has 0 saturated heterocycles. The highest BCUT2D eigenvalue weighted by Gasteiger charge is 2.55. The van der Waals surface area contributed by atoms with Gasteiger partial charge in [-0.1, -0.05) is 6.92 Å². The first-order valence-corrected chi connectivity index (χ1v) is 2.62. The highest BCUT2D eigenvalue weighted by atomic mass is 19.4. The summed E-state index contributed by atoms with van der Waals surface area (Å²) in [5, 5.41) is 0. The van der Waals surface area contributed by atoms with Crippen LogP contribution in [0.15, 0.2) is 0 Å². The van der Waals surface area contributed by atoms with E-state index >= 15 is 0 Å². The lowest BCUT2D eigenvalue weighted by Gasteiger charge is -2.20. The van der Waals surface area contributed by atoms with Crippen molar-refractivity contribution in [2.75, 3.05) is 0 Å². The van der Waals surface area contributed by atoms with Crippen LogP contribution in [0.4, 0.5) is 26.3 Å². The Hall–Kier alpha value is -0.420. The molecule has 0 spiro atoms. The third-order valence-electron chi connectivity index (χ3n) is 1.08. The topological polar surface area (TPSA) is 0 Å². The summed E-state index contributed by atoms with van der Waals surface area (Å²) in [6, 6.07) is 0. The molecule has 0 N–H and O–H groups in total. The molecule has 0 fully saturated rings. The van der Waals surface area contributed by atoms with Crippen LogP contribution in [0.1, 0.15) is 6.42 Å². The maximum Gasteiger partial charge on any atom is 0.400 e. The van der Waals surface area contributed by atoms with Crippen molar-refractivity contribution in [3.8, 4) is 0 Å². The SMILES string of the molecule is [CH2]CC(C(F)(F)F)C(F)(F)F. The number of hydrogen-bond donors (Lipinski definition) is 0. The molecule has 0 nitrogen and oxygen atoms in total. The molecule has 0 aromatic carbocycles. The molecule has 0 aromatic rings. The van der Waals surface area contributed by atoms with Crippen LogP contribution < -0.4 is 0 Å². The van der Waals surface area contributed by atoms with Gasteiger partial charge in [-0.05, 0) is 6.42 Å². The first kappa shape index (κ1) is 10.6. The Morgan fingerprint density at radius 2 is 1.18 bits per heavy atom. The molecule has 1 radical (unpaired) electrons. The molecule has 0 aliphatic heterocycles. The maximum atomic E-state index is 11.5. The Morgan fingerprint density at radius 3 is 1.18 bits per heavy atom. The molecule has 0 atom stereocenters. The number of rotatable bonds is 1. The smallest absolute Gasteiger partial charge is 0.170 e. The van der Waals surface area contributed by atoms with Crippen LogP contribution in [-0.2, 0) is 0 Å². The van der Waals surface area contributed by atoms with Crippen LogP contribution in [0, 0.1) is 12.8 Å². The molecule has 0 aliphatic rings. The molecule has 6 heteroatoms. The fourth-order valence-electron chi connectivity index (χ4n) is 0.513. The van der Waals surface area contributed by atoms with Gasteiger partial charge < -0.3 is 0 Å². The van der Waals surface area contributed by atoms with Crippen LogP contribution in [-0.4, -0.2) is 12.4 Å². The van der Waals surface area contributed by atoms with E-state index in [-0.39, 0.29) is 0 Å². The van der Waals surface area contributed by atoms with Crippen LogP contribution in [0.3, 0.4) is 0 Å².